The van der Waals surface area contributed by atoms with E-state index in [1.807, 2.05) is 27.7 Å². The number of hydrogen-bond acceptors (Lipinski definition) is 10. The molecule has 51 heavy (non-hydrogen) atoms. The number of likely N-dealkylation sites (tertiary alicyclic amines) is 1. The number of nitrogens with one attached hydrogen (secondary N) is 1. The number of aromatic nitrogens is 3. The zero-order valence-corrected chi connectivity index (χ0v) is 30.8. The average Bonchev–Trinajstić information content (AvgIpc) is 3.06. The number of piperidine rings is 2. The molecular weight excluding hydrogens is 678 g/mol. The maximum absolute atomic E-state index is 14.4. The maximum atomic E-state index is 14.4. The van der Waals surface area contributed by atoms with E-state index in [0.29, 0.717) is 37.9 Å². The molecule has 0 bridgehead atoms. The Morgan fingerprint density at radius 2 is 1.75 bits per heavy atom. The lowest BCUT2D eigenvalue weighted by molar-refractivity contribution is -0.117. The summed E-state index contributed by atoms with van der Waals surface area (Å²) in [5, 5.41) is 10.9. The van der Waals surface area contributed by atoms with Gasteiger partial charge in [0.25, 0.3) is 22.0 Å². The van der Waals surface area contributed by atoms with Gasteiger partial charge >= 0.3 is 0 Å². The number of amides is 2. The molecule has 1 spiro atoms. The van der Waals surface area contributed by atoms with Gasteiger partial charge < -0.3 is 24.8 Å². The quantitative estimate of drug-likeness (QED) is 0.324. The summed E-state index contributed by atoms with van der Waals surface area (Å²) in [6.45, 7) is 17.3. The SMILES string of the molecule is C=CC(=O)NC1CN(S(=O)(=O)N2CCC(CN3CCC4(CC3)CN(c3ncnnc3Oc3ccc(F)cc3C(=O)N(C(C)C)C(C)C)C4)CC2)C1. The predicted molar refractivity (Wildman–Crippen MR) is 190 cm³/mol. The fourth-order valence-electron chi connectivity index (χ4n) is 7.88. The molecule has 1 N–H and O–H groups in total. The Bertz CT molecular complexity index is 1690. The molecule has 0 radical (unpaired) electrons. The Hall–Kier alpha value is -3.73. The van der Waals surface area contributed by atoms with Crippen LogP contribution in [0.5, 0.6) is 11.6 Å². The summed E-state index contributed by atoms with van der Waals surface area (Å²) >= 11 is 0. The maximum Gasteiger partial charge on any atom is 0.282 e. The van der Waals surface area contributed by atoms with E-state index in [-0.39, 0.29) is 52.5 Å². The molecule has 5 heterocycles. The van der Waals surface area contributed by atoms with E-state index >= 15 is 0 Å². The Balaban J connectivity index is 0.989. The van der Waals surface area contributed by atoms with E-state index in [9.17, 15) is 22.4 Å². The van der Waals surface area contributed by atoms with Gasteiger partial charge in [-0.25, -0.2) is 9.37 Å². The van der Waals surface area contributed by atoms with E-state index in [2.05, 4.69) is 36.9 Å². The molecule has 1 aromatic carbocycles. The molecule has 0 unspecified atom stereocenters. The number of carbonyl (C=O) groups is 2. The molecule has 4 fully saturated rings. The highest BCUT2D eigenvalue weighted by Crippen LogP contribution is 2.44. The van der Waals surface area contributed by atoms with Gasteiger partial charge in [0.2, 0.25) is 5.91 Å². The van der Waals surface area contributed by atoms with Crippen molar-refractivity contribution in [2.24, 2.45) is 11.3 Å². The van der Waals surface area contributed by atoms with Crippen LogP contribution in [0.25, 0.3) is 0 Å². The lowest BCUT2D eigenvalue weighted by Gasteiger charge is -2.54. The molecule has 16 heteroatoms. The molecule has 278 valence electrons. The zero-order chi connectivity index (χ0) is 36.5. The van der Waals surface area contributed by atoms with Crippen LogP contribution in [0.4, 0.5) is 10.2 Å². The largest absolute Gasteiger partial charge is 0.434 e. The highest BCUT2D eigenvalue weighted by atomic mass is 32.2. The van der Waals surface area contributed by atoms with Gasteiger partial charge in [0.15, 0.2) is 5.82 Å². The number of benzene rings is 1. The van der Waals surface area contributed by atoms with Crippen molar-refractivity contribution in [2.45, 2.75) is 71.5 Å². The van der Waals surface area contributed by atoms with Crippen molar-refractivity contribution >= 4 is 27.8 Å². The molecule has 0 atom stereocenters. The normalized spacial score (nSPS) is 20.6. The van der Waals surface area contributed by atoms with E-state index < -0.39 is 16.0 Å². The summed E-state index contributed by atoms with van der Waals surface area (Å²) < 4.78 is 49.8. The van der Waals surface area contributed by atoms with Crippen LogP contribution in [0.1, 0.15) is 63.7 Å². The minimum absolute atomic E-state index is 0.0899. The molecule has 6 rings (SSSR count). The first-order valence-electron chi connectivity index (χ1n) is 17.9. The molecule has 4 aliphatic heterocycles. The van der Waals surface area contributed by atoms with Crippen molar-refractivity contribution < 1.29 is 27.1 Å². The minimum atomic E-state index is -3.52. The second-order valence-electron chi connectivity index (χ2n) is 15.0. The number of hydrogen-bond donors (Lipinski definition) is 1. The third-order valence-corrected chi connectivity index (χ3v) is 12.7. The topological polar surface area (TPSA) is 144 Å². The summed E-state index contributed by atoms with van der Waals surface area (Å²) in [4.78, 5) is 35.9. The van der Waals surface area contributed by atoms with Crippen LogP contribution in [0.15, 0.2) is 37.2 Å². The molecule has 2 amide bonds. The Labute approximate surface area is 300 Å². The van der Waals surface area contributed by atoms with Crippen LogP contribution < -0.4 is 15.0 Å². The van der Waals surface area contributed by atoms with E-state index in [1.54, 1.807) is 9.21 Å². The number of rotatable bonds is 12. The van der Waals surface area contributed by atoms with Crippen LogP contribution in [-0.4, -0.2) is 131 Å². The monoisotopic (exact) mass is 727 g/mol. The van der Waals surface area contributed by atoms with Gasteiger partial charge in [-0.15, -0.1) is 10.2 Å². The summed E-state index contributed by atoms with van der Waals surface area (Å²) in [6.07, 6.45) is 6.32. The van der Waals surface area contributed by atoms with Gasteiger partial charge in [0.05, 0.1) is 11.6 Å². The van der Waals surface area contributed by atoms with Crippen molar-refractivity contribution in [1.29, 1.82) is 0 Å². The molecule has 4 aliphatic rings. The second-order valence-corrected chi connectivity index (χ2v) is 16.9. The smallest absolute Gasteiger partial charge is 0.282 e. The standard InChI is InChI=1S/C35H50FN9O5S/c1-6-31(46)39-28-19-44(20-28)51(48,49)43-13-9-26(10-14-43)18-41-15-11-35(12-16-41)21-42(22-35)32-33(40-38-23-37-32)50-30-8-7-27(36)17-29(30)34(47)45(24(2)3)25(4)5/h6-8,17,23-26,28H,1,9-16,18-22H2,2-5H3,(H,39,46). The van der Waals surface area contributed by atoms with Crippen molar-refractivity contribution in [3.05, 3.63) is 48.6 Å². The van der Waals surface area contributed by atoms with Crippen molar-refractivity contribution in [2.75, 3.05) is 63.8 Å². The third-order valence-electron chi connectivity index (χ3n) is 10.7. The van der Waals surface area contributed by atoms with Crippen molar-refractivity contribution in [3.63, 3.8) is 0 Å². The molecule has 14 nitrogen and oxygen atoms in total. The number of carbonyl (C=O) groups excluding carboxylic acids is 2. The first kappa shape index (κ1) is 37.0. The average molecular weight is 728 g/mol. The van der Waals surface area contributed by atoms with Gasteiger partial charge in [0, 0.05) is 63.3 Å². The number of halogens is 1. The number of anilines is 1. The lowest BCUT2D eigenvalue weighted by atomic mass is 9.72. The number of nitrogens with zero attached hydrogens (tertiary/aromatic N) is 8. The molecule has 4 saturated heterocycles. The number of ether oxygens (including phenoxy) is 1. The highest BCUT2D eigenvalue weighted by Gasteiger charge is 2.47. The van der Waals surface area contributed by atoms with E-state index in [0.717, 1.165) is 58.4 Å². The zero-order valence-electron chi connectivity index (χ0n) is 30.0. The molecule has 2 aromatic rings. The van der Waals surface area contributed by atoms with Crippen molar-refractivity contribution in [1.82, 2.24) is 38.9 Å². The minimum Gasteiger partial charge on any atom is -0.434 e. The second kappa shape index (κ2) is 15.1. The molecule has 0 aliphatic carbocycles. The highest BCUT2D eigenvalue weighted by molar-refractivity contribution is 7.86. The summed E-state index contributed by atoms with van der Waals surface area (Å²) in [7, 11) is -3.52. The van der Waals surface area contributed by atoms with Crippen LogP contribution in [0.2, 0.25) is 0 Å². The summed E-state index contributed by atoms with van der Waals surface area (Å²) in [6, 6.07) is 3.57. The van der Waals surface area contributed by atoms with Gasteiger partial charge in [-0.05, 0) is 96.7 Å². The summed E-state index contributed by atoms with van der Waals surface area (Å²) in [5.41, 5.74) is 0.275. The van der Waals surface area contributed by atoms with Gasteiger partial charge in [-0.1, -0.05) is 6.58 Å². The summed E-state index contributed by atoms with van der Waals surface area (Å²) in [5.74, 6) is 0.226. The fourth-order valence-corrected chi connectivity index (χ4v) is 9.61. The van der Waals surface area contributed by atoms with Gasteiger partial charge in [0.1, 0.15) is 17.9 Å². The molecule has 0 saturated carbocycles. The van der Waals surface area contributed by atoms with Crippen LogP contribution >= 0.6 is 0 Å². The van der Waals surface area contributed by atoms with Crippen molar-refractivity contribution in [3.8, 4) is 11.6 Å². The Morgan fingerprint density at radius 3 is 2.37 bits per heavy atom. The van der Waals surface area contributed by atoms with Crippen LogP contribution in [0.3, 0.4) is 0 Å². The fraction of sp³-hybridized carbons (Fsp3) is 0.629. The molecule has 1 aromatic heterocycles. The first-order valence-corrected chi connectivity index (χ1v) is 19.3. The van der Waals surface area contributed by atoms with Crippen LogP contribution in [0, 0.1) is 17.2 Å². The first-order chi connectivity index (χ1) is 24.3. The lowest BCUT2D eigenvalue weighted by Crippen LogP contribution is -2.63. The molecular formula is C35H50FN9O5S. The predicted octanol–water partition coefficient (Wildman–Crippen LogP) is 2.91. The van der Waals surface area contributed by atoms with E-state index in [1.165, 1.54) is 34.9 Å². The van der Waals surface area contributed by atoms with Gasteiger partial charge in [-0.2, -0.15) is 17.0 Å². The Morgan fingerprint density at radius 1 is 1.08 bits per heavy atom. The Kier molecular flexibility index (Phi) is 11.0. The third kappa shape index (κ3) is 8.03. The van der Waals surface area contributed by atoms with Crippen LogP contribution in [-0.2, 0) is 15.0 Å². The van der Waals surface area contributed by atoms with E-state index in [4.69, 9.17) is 4.74 Å². The van der Waals surface area contributed by atoms with Gasteiger partial charge in [-0.3, -0.25) is 9.59 Å².